The summed E-state index contributed by atoms with van der Waals surface area (Å²) >= 11 is 11.8. The number of aromatic nitrogens is 2. The molecule has 7 nitrogen and oxygen atoms in total. The largest absolute Gasteiger partial charge is 0.338 e. The predicted octanol–water partition coefficient (Wildman–Crippen LogP) is 3.12. The monoisotopic (exact) mass is 408 g/mol. The number of rotatable bonds is 6. The van der Waals surface area contributed by atoms with E-state index in [2.05, 4.69) is 30.4 Å². The molecule has 0 bridgehead atoms. The Hall–Kier alpha value is -2.09. The number of anilines is 2. The highest BCUT2D eigenvalue weighted by molar-refractivity contribution is 6.35. The predicted molar refractivity (Wildman–Crippen MR) is 109 cm³/mol. The fourth-order valence-corrected chi connectivity index (χ4v) is 3.46. The third-order valence-corrected chi connectivity index (χ3v) is 4.70. The van der Waals surface area contributed by atoms with Crippen molar-refractivity contribution in [3.8, 4) is 0 Å². The van der Waals surface area contributed by atoms with E-state index in [4.69, 9.17) is 23.2 Å². The zero-order chi connectivity index (χ0) is 19.1. The molecule has 0 saturated carbocycles. The summed E-state index contributed by atoms with van der Waals surface area (Å²) in [5.74, 6) is 0.789. The highest BCUT2D eigenvalue weighted by Crippen LogP contribution is 2.22. The number of carbonyl (C=O) groups excluding carboxylic acids is 1. The van der Waals surface area contributed by atoms with Gasteiger partial charge in [-0.25, -0.2) is 14.8 Å². The van der Waals surface area contributed by atoms with Crippen LogP contribution in [0, 0.1) is 0 Å². The molecule has 0 unspecified atom stereocenters. The fourth-order valence-electron chi connectivity index (χ4n) is 2.93. The summed E-state index contributed by atoms with van der Waals surface area (Å²) in [4.78, 5) is 25.1. The van der Waals surface area contributed by atoms with Crippen LogP contribution < -0.4 is 15.5 Å². The second kappa shape index (κ2) is 9.73. The normalized spacial score (nSPS) is 14.8. The van der Waals surface area contributed by atoms with Gasteiger partial charge in [-0.1, -0.05) is 23.2 Å². The number of hydrogen-bond acceptors (Lipinski definition) is 5. The van der Waals surface area contributed by atoms with Gasteiger partial charge in [0.1, 0.15) is 0 Å². The van der Waals surface area contributed by atoms with Crippen LogP contribution in [0.5, 0.6) is 0 Å². The quantitative estimate of drug-likeness (QED) is 0.718. The molecule has 3 rings (SSSR count). The molecule has 1 aromatic heterocycles. The van der Waals surface area contributed by atoms with E-state index < -0.39 is 0 Å². The van der Waals surface area contributed by atoms with Gasteiger partial charge in [-0.3, -0.25) is 4.90 Å². The number of nitrogens with one attached hydrogen (secondary N) is 2. The van der Waals surface area contributed by atoms with Gasteiger partial charge >= 0.3 is 6.03 Å². The molecular weight excluding hydrogens is 387 g/mol. The first-order valence-corrected chi connectivity index (χ1v) is 9.61. The molecule has 27 heavy (non-hydrogen) atoms. The van der Waals surface area contributed by atoms with E-state index in [1.165, 1.54) is 0 Å². The summed E-state index contributed by atoms with van der Waals surface area (Å²) in [6.07, 6.45) is 4.41. The third kappa shape index (κ3) is 6.23. The fraction of sp³-hybridized carbons (Fsp3) is 0.389. The van der Waals surface area contributed by atoms with Gasteiger partial charge in [0.05, 0.1) is 0 Å². The minimum Gasteiger partial charge on any atom is -0.338 e. The number of nitrogens with zero attached hydrogens (tertiary/aromatic N) is 4. The van der Waals surface area contributed by atoms with Gasteiger partial charge in [-0.05, 0) is 37.2 Å². The van der Waals surface area contributed by atoms with Crippen LogP contribution in [-0.4, -0.2) is 60.2 Å². The van der Waals surface area contributed by atoms with Crippen LogP contribution in [0.25, 0.3) is 0 Å². The first kappa shape index (κ1) is 19.7. The Morgan fingerprint density at radius 1 is 1.04 bits per heavy atom. The highest BCUT2D eigenvalue weighted by Gasteiger charge is 2.18. The standard InChI is InChI=1S/C18H22Cl2N6O/c19-14-11-15(20)13-16(12-14)24-18(27)23-5-2-6-25-7-9-26(10-8-25)17-21-3-1-4-22-17/h1,3-4,11-13H,2,5-10H2,(H2,23,24,27). The van der Waals surface area contributed by atoms with Crippen molar-refractivity contribution in [2.45, 2.75) is 6.42 Å². The lowest BCUT2D eigenvalue weighted by Gasteiger charge is -2.34. The summed E-state index contributed by atoms with van der Waals surface area (Å²) in [5, 5.41) is 6.55. The molecule has 0 atom stereocenters. The van der Waals surface area contributed by atoms with Crippen LogP contribution >= 0.6 is 23.2 Å². The number of urea groups is 1. The Bertz CT molecular complexity index is 733. The van der Waals surface area contributed by atoms with Gasteiger partial charge in [0.15, 0.2) is 0 Å². The molecule has 1 fully saturated rings. The molecule has 1 aromatic carbocycles. The van der Waals surface area contributed by atoms with Crippen molar-refractivity contribution in [2.75, 3.05) is 49.5 Å². The van der Waals surface area contributed by atoms with Crippen molar-refractivity contribution in [3.05, 3.63) is 46.7 Å². The Morgan fingerprint density at radius 2 is 1.70 bits per heavy atom. The Labute approximate surface area is 168 Å². The Balaban J connectivity index is 1.32. The Kier molecular flexibility index (Phi) is 7.09. The molecule has 2 amide bonds. The van der Waals surface area contributed by atoms with Gasteiger partial charge in [0, 0.05) is 60.9 Å². The van der Waals surface area contributed by atoms with E-state index in [1.807, 2.05) is 6.07 Å². The molecule has 0 spiro atoms. The number of halogens is 2. The zero-order valence-corrected chi connectivity index (χ0v) is 16.4. The molecular formula is C18H22Cl2N6O. The minimum atomic E-state index is -0.264. The van der Waals surface area contributed by atoms with Crippen LogP contribution in [0.1, 0.15) is 6.42 Å². The van der Waals surface area contributed by atoms with Crippen LogP contribution in [0.4, 0.5) is 16.4 Å². The SMILES string of the molecule is O=C(NCCCN1CCN(c2ncccn2)CC1)Nc1cc(Cl)cc(Cl)c1. The number of carbonyl (C=O) groups is 1. The summed E-state index contributed by atoms with van der Waals surface area (Å²) < 4.78 is 0. The first-order chi connectivity index (χ1) is 13.1. The number of hydrogen-bond donors (Lipinski definition) is 2. The van der Waals surface area contributed by atoms with Gasteiger partial charge in [0.2, 0.25) is 5.95 Å². The summed E-state index contributed by atoms with van der Waals surface area (Å²) in [6, 6.07) is 6.49. The molecule has 2 aromatic rings. The topological polar surface area (TPSA) is 73.4 Å². The highest BCUT2D eigenvalue weighted by atomic mass is 35.5. The molecule has 2 N–H and O–H groups in total. The maximum atomic E-state index is 11.9. The molecule has 2 heterocycles. The maximum Gasteiger partial charge on any atom is 0.319 e. The van der Waals surface area contributed by atoms with E-state index in [0.29, 0.717) is 22.3 Å². The second-order valence-corrected chi connectivity index (χ2v) is 7.14. The molecule has 0 aliphatic carbocycles. The minimum absolute atomic E-state index is 0.264. The van der Waals surface area contributed by atoms with Crippen LogP contribution in [0.2, 0.25) is 10.0 Å². The lowest BCUT2D eigenvalue weighted by Crippen LogP contribution is -2.47. The number of piperazine rings is 1. The maximum absolute atomic E-state index is 11.9. The lowest BCUT2D eigenvalue weighted by molar-refractivity contribution is 0.244. The van der Waals surface area contributed by atoms with Gasteiger partial charge in [-0.2, -0.15) is 0 Å². The number of benzene rings is 1. The number of amides is 2. The van der Waals surface area contributed by atoms with Gasteiger partial charge < -0.3 is 15.5 Å². The van der Waals surface area contributed by atoms with Crippen molar-refractivity contribution in [3.63, 3.8) is 0 Å². The van der Waals surface area contributed by atoms with E-state index in [-0.39, 0.29) is 6.03 Å². The van der Waals surface area contributed by atoms with Gasteiger partial charge in [0.25, 0.3) is 0 Å². The van der Waals surface area contributed by atoms with Crippen molar-refractivity contribution >= 4 is 40.9 Å². The van der Waals surface area contributed by atoms with E-state index in [1.54, 1.807) is 30.6 Å². The molecule has 9 heteroatoms. The summed E-state index contributed by atoms with van der Waals surface area (Å²) in [7, 11) is 0. The first-order valence-electron chi connectivity index (χ1n) is 8.85. The lowest BCUT2D eigenvalue weighted by atomic mass is 10.3. The third-order valence-electron chi connectivity index (χ3n) is 4.26. The van der Waals surface area contributed by atoms with Crippen molar-refractivity contribution in [1.82, 2.24) is 20.2 Å². The second-order valence-electron chi connectivity index (χ2n) is 6.27. The molecule has 1 saturated heterocycles. The molecule has 0 radical (unpaired) electrons. The zero-order valence-electron chi connectivity index (χ0n) is 14.9. The van der Waals surface area contributed by atoms with Crippen LogP contribution in [0.15, 0.2) is 36.7 Å². The van der Waals surface area contributed by atoms with Crippen LogP contribution in [0.3, 0.4) is 0 Å². The summed E-state index contributed by atoms with van der Waals surface area (Å²) in [5.41, 5.74) is 0.573. The Morgan fingerprint density at radius 3 is 2.37 bits per heavy atom. The van der Waals surface area contributed by atoms with Gasteiger partial charge in [-0.15, -0.1) is 0 Å². The molecule has 144 valence electrons. The van der Waals surface area contributed by atoms with Crippen molar-refractivity contribution < 1.29 is 4.79 Å². The molecule has 1 aliphatic rings. The average Bonchev–Trinajstić information content (AvgIpc) is 2.66. The van der Waals surface area contributed by atoms with E-state index in [9.17, 15) is 4.79 Å². The van der Waals surface area contributed by atoms with Crippen LogP contribution in [-0.2, 0) is 0 Å². The van der Waals surface area contributed by atoms with E-state index in [0.717, 1.165) is 45.1 Å². The smallest absolute Gasteiger partial charge is 0.319 e. The average molecular weight is 409 g/mol. The summed E-state index contributed by atoms with van der Waals surface area (Å²) in [6.45, 7) is 5.28. The van der Waals surface area contributed by atoms with E-state index >= 15 is 0 Å². The van der Waals surface area contributed by atoms with Crippen molar-refractivity contribution in [1.29, 1.82) is 0 Å². The van der Waals surface area contributed by atoms with Crippen molar-refractivity contribution in [2.24, 2.45) is 0 Å². The molecule has 1 aliphatic heterocycles.